The third kappa shape index (κ3) is 6.00. The Hall–Kier alpha value is -7.98. The Morgan fingerprint density at radius 3 is 1.14 bits per heavy atom. The zero-order chi connectivity index (χ0) is 41.7. The summed E-state index contributed by atoms with van der Waals surface area (Å²) in [5.74, 6) is 0. The lowest BCUT2D eigenvalue weighted by Gasteiger charge is -2.34. The predicted octanol–water partition coefficient (Wildman–Crippen LogP) is 12.6. The minimum atomic E-state index is -2.73. The summed E-state index contributed by atoms with van der Waals surface area (Å²) in [6, 6.07) is 94.1. The fourth-order valence-corrected chi connectivity index (χ4v) is 15.0. The second kappa shape index (κ2) is 15.2. The number of hydrogen-bond donors (Lipinski definition) is 0. The molecular formula is C60H42N2Si. The summed E-state index contributed by atoms with van der Waals surface area (Å²) in [6.45, 7) is 0. The maximum absolute atomic E-state index is 2.73. The van der Waals surface area contributed by atoms with Gasteiger partial charge < -0.3 is 9.13 Å². The van der Waals surface area contributed by atoms with Crippen molar-refractivity contribution in [1.29, 1.82) is 0 Å². The van der Waals surface area contributed by atoms with Gasteiger partial charge in [-0.25, -0.2) is 0 Å². The van der Waals surface area contributed by atoms with Crippen molar-refractivity contribution in [3.8, 4) is 33.6 Å². The standard InChI is InChI=1S/C60H42N2Si/c1-5-17-43(18-6-1)44-29-31-45(32-30-44)46-33-35-47(36-34-46)61-57-27-15-13-25-53(57)55-39-37-48(41-60(55)61)62-58-28-16-14-26-54(58)56-42-52(38-40-59(56)62)63(49-19-7-2-8-20-49,50-21-9-3-10-22-50)51-23-11-4-12-24-51/h1-42H. The number of aromatic nitrogens is 2. The zero-order valence-electron chi connectivity index (χ0n) is 34.6. The molecule has 0 aliphatic carbocycles. The van der Waals surface area contributed by atoms with E-state index in [1.807, 2.05) is 0 Å². The lowest BCUT2D eigenvalue weighted by atomic mass is 10.0. The van der Waals surface area contributed by atoms with Crippen LogP contribution in [0.25, 0.3) is 77.2 Å². The molecule has 12 rings (SSSR count). The van der Waals surface area contributed by atoms with Gasteiger partial charge in [0.2, 0.25) is 0 Å². The Labute approximate surface area is 368 Å². The molecule has 10 aromatic carbocycles. The molecule has 0 amide bonds. The fourth-order valence-electron chi connectivity index (χ4n) is 10.2. The van der Waals surface area contributed by atoms with Gasteiger partial charge in [0.25, 0.3) is 0 Å². The summed E-state index contributed by atoms with van der Waals surface area (Å²) in [5.41, 5.74) is 11.9. The van der Waals surface area contributed by atoms with Crippen LogP contribution < -0.4 is 20.7 Å². The van der Waals surface area contributed by atoms with Crippen LogP contribution in [-0.2, 0) is 0 Å². The lowest BCUT2D eigenvalue weighted by molar-refractivity contribution is 1.15. The van der Waals surface area contributed by atoms with E-state index in [1.54, 1.807) is 0 Å². The molecule has 0 atom stereocenters. The molecule has 2 heterocycles. The van der Waals surface area contributed by atoms with Crippen molar-refractivity contribution in [2.45, 2.75) is 0 Å². The molecule has 0 radical (unpaired) electrons. The number of fused-ring (bicyclic) bond motifs is 6. The normalized spacial score (nSPS) is 11.8. The second-order valence-electron chi connectivity index (χ2n) is 16.5. The molecule has 0 spiro atoms. The van der Waals surface area contributed by atoms with Crippen molar-refractivity contribution >= 4 is 72.4 Å². The minimum Gasteiger partial charge on any atom is -0.309 e. The first-order valence-corrected chi connectivity index (χ1v) is 23.8. The van der Waals surface area contributed by atoms with Crippen molar-refractivity contribution in [2.75, 3.05) is 0 Å². The van der Waals surface area contributed by atoms with Gasteiger partial charge in [0.15, 0.2) is 8.07 Å². The van der Waals surface area contributed by atoms with Crippen LogP contribution >= 0.6 is 0 Å². The summed E-state index contributed by atoms with van der Waals surface area (Å²) in [6.07, 6.45) is 0. The molecule has 0 bridgehead atoms. The maximum Gasteiger partial charge on any atom is 0.179 e. The van der Waals surface area contributed by atoms with Gasteiger partial charge in [-0.05, 0) is 85.5 Å². The van der Waals surface area contributed by atoms with E-state index < -0.39 is 8.07 Å². The smallest absolute Gasteiger partial charge is 0.179 e. The van der Waals surface area contributed by atoms with Crippen LogP contribution in [0.3, 0.4) is 0 Å². The van der Waals surface area contributed by atoms with E-state index in [2.05, 4.69) is 264 Å². The molecule has 2 aromatic heterocycles. The molecule has 2 nitrogen and oxygen atoms in total. The van der Waals surface area contributed by atoms with E-state index in [4.69, 9.17) is 0 Å². The summed E-state index contributed by atoms with van der Waals surface area (Å²) in [5, 5.41) is 10.5. The van der Waals surface area contributed by atoms with E-state index in [0.717, 1.165) is 11.4 Å². The van der Waals surface area contributed by atoms with Crippen LogP contribution in [0, 0.1) is 0 Å². The highest BCUT2D eigenvalue weighted by Crippen LogP contribution is 2.37. The third-order valence-corrected chi connectivity index (χ3v) is 17.9. The van der Waals surface area contributed by atoms with Crippen molar-refractivity contribution in [1.82, 2.24) is 9.13 Å². The van der Waals surface area contributed by atoms with Crippen LogP contribution in [0.1, 0.15) is 0 Å². The highest BCUT2D eigenvalue weighted by atomic mass is 28.3. The maximum atomic E-state index is 2.51. The summed E-state index contributed by atoms with van der Waals surface area (Å²) < 4.78 is 4.90. The molecule has 3 heteroatoms. The monoisotopic (exact) mass is 818 g/mol. The average molecular weight is 819 g/mol. The van der Waals surface area contributed by atoms with Crippen LogP contribution in [0.5, 0.6) is 0 Å². The van der Waals surface area contributed by atoms with Crippen LogP contribution in [0.4, 0.5) is 0 Å². The molecule has 0 aliphatic heterocycles. The number of nitrogens with zero attached hydrogens (tertiary/aromatic N) is 2. The number of benzene rings is 10. The Kier molecular flexibility index (Phi) is 8.87. The van der Waals surface area contributed by atoms with Gasteiger partial charge in [-0.15, -0.1) is 0 Å². The van der Waals surface area contributed by atoms with Gasteiger partial charge in [-0.3, -0.25) is 0 Å². The number of hydrogen-bond acceptors (Lipinski definition) is 0. The van der Waals surface area contributed by atoms with Crippen molar-refractivity contribution in [3.05, 3.63) is 255 Å². The van der Waals surface area contributed by atoms with Gasteiger partial charge in [0.05, 0.1) is 22.1 Å². The Morgan fingerprint density at radius 2 is 0.603 bits per heavy atom. The summed E-state index contributed by atoms with van der Waals surface area (Å²) in [7, 11) is -2.73. The van der Waals surface area contributed by atoms with Crippen molar-refractivity contribution in [3.63, 3.8) is 0 Å². The molecule has 63 heavy (non-hydrogen) atoms. The molecule has 0 fully saturated rings. The Bertz CT molecular complexity index is 3480. The lowest BCUT2D eigenvalue weighted by Crippen LogP contribution is -2.74. The molecule has 12 aromatic rings. The molecule has 0 saturated carbocycles. The SMILES string of the molecule is c1ccc(-c2ccc(-c3ccc(-n4c5ccccc5c5ccc(-n6c7ccccc7c7cc([Si](c8ccccc8)(c8ccccc8)c8ccccc8)ccc76)cc54)cc3)cc2)cc1. The van der Waals surface area contributed by atoms with Crippen LogP contribution in [0.2, 0.25) is 0 Å². The van der Waals surface area contributed by atoms with Crippen molar-refractivity contribution in [2.24, 2.45) is 0 Å². The van der Waals surface area contributed by atoms with Crippen LogP contribution in [0.15, 0.2) is 255 Å². The molecule has 0 N–H and O–H groups in total. The molecule has 0 saturated heterocycles. The second-order valence-corrected chi connectivity index (χ2v) is 20.3. The molecule has 0 aliphatic rings. The van der Waals surface area contributed by atoms with Gasteiger partial charge in [0.1, 0.15) is 0 Å². The third-order valence-electron chi connectivity index (χ3n) is 13.1. The van der Waals surface area contributed by atoms with E-state index >= 15 is 0 Å². The number of para-hydroxylation sites is 2. The molecule has 0 unspecified atom stereocenters. The Balaban J connectivity index is 1.02. The predicted molar refractivity (Wildman–Crippen MR) is 270 cm³/mol. The summed E-state index contributed by atoms with van der Waals surface area (Å²) in [4.78, 5) is 0. The number of rotatable bonds is 8. The Morgan fingerprint density at radius 1 is 0.222 bits per heavy atom. The zero-order valence-corrected chi connectivity index (χ0v) is 35.6. The first-order chi connectivity index (χ1) is 31.3. The highest BCUT2D eigenvalue weighted by molar-refractivity contribution is 7.20. The first-order valence-electron chi connectivity index (χ1n) is 21.8. The molecular weight excluding hydrogens is 777 g/mol. The van der Waals surface area contributed by atoms with E-state index in [0.29, 0.717) is 0 Å². The average Bonchev–Trinajstić information content (AvgIpc) is 3.88. The first kappa shape index (κ1) is 36.8. The quantitative estimate of drug-likeness (QED) is 0.107. The topological polar surface area (TPSA) is 9.86 Å². The van der Waals surface area contributed by atoms with E-state index in [-0.39, 0.29) is 0 Å². The van der Waals surface area contributed by atoms with Gasteiger partial charge >= 0.3 is 0 Å². The fraction of sp³-hybridized carbons (Fsp3) is 0. The van der Waals surface area contributed by atoms with Gasteiger partial charge in [0, 0.05) is 32.9 Å². The van der Waals surface area contributed by atoms with E-state index in [1.165, 1.54) is 86.6 Å². The van der Waals surface area contributed by atoms with Crippen LogP contribution in [-0.4, -0.2) is 17.2 Å². The van der Waals surface area contributed by atoms with E-state index in [9.17, 15) is 0 Å². The van der Waals surface area contributed by atoms with Crippen molar-refractivity contribution < 1.29 is 0 Å². The summed E-state index contributed by atoms with van der Waals surface area (Å²) >= 11 is 0. The highest BCUT2D eigenvalue weighted by Gasteiger charge is 2.41. The minimum absolute atomic E-state index is 1.14. The van der Waals surface area contributed by atoms with Gasteiger partial charge in [-0.2, -0.15) is 0 Å². The molecule has 296 valence electrons. The van der Waals surface area contributed by atoms with Gasteiger partial charge in [-0.1, -0.05) is 212 Å². The largest absolute Gasteiger partial charge is 0.309 e.